The topological polar surface area (TPSA) is 58.6 Å². The fraction of sp³-hybridized carbons (Fsp3) is 0.474. The van der Waals surface area contributed by atoms with Gasteiger partial charge < -0.3 is 15.0 Å². The number of ether oxygens (including phenoxy) is 1. The van der Waals surface area contributed by atoms with Crippen molar-refractivity contribution in [3.63, 3.8) is 0 Å². The van der Waals surface area contributed by atoms with Gasteiger partial charge in [-0.2, -0.15) is 0 Å². The molecule has 1 aromatic carbocycles. The molecule has 1 N–H and O–H groups in total. The summed E-state index contributed by atoms with van der Waals surface area (Å²) in [6, 6.07) is 7.63. The first-order valence-electron chi connectivity index (χ1n) is 8.55. The molecule has 1 aliphatic heterocycles. The Morgan fingerprint density at radius 3 is 2.54 bits per heavy atom. The predicted molar refractivity (Wildman–Crippen MR) is 94.6 cm³/mol. The Balaban J connectivity index is 1.71. The molecule has 2 amide bonds. The molecule has 24 heavy (non-hydrogen) atoms. The minimum absolute atomic E-state index is 0.0506. The summed E-state index contributed by atoms with van der Waals surface area (Å²) in [5, 5.41) is 2.85. The summed E-state index contributed by atoms with van der Waals surface area (Å²) in [6.45, 7) is 7.81. The molecule has 0 aliphatic carbocycles. The third-order valence-electron chi connectivity index (χ3n) is 3.99. The molecule has 2 rings (SSSR count). The van der Waals surface area contributed by atoms with Crippen molar-refractivity contribution in [1.29, 1.82) is 0 Å². The van der Waals surface area contributed by atoms with Gasteiger partial charge in [-0.05, 0) is 30.5 Å². The normalized spacial score (nSPS) is 13.5. The van der Waals surface area contributed by atoms with E-state index < -0.39 is 0 Å². The summed E-state index contributed by atoms with van der Waals surface area (Å²) < 4.78 is 5.30. The molecule has 0 radical (unpaired) electrons. The Bertz CT molecular complexity index is 581. The molecule has 5 heteroatoms. The first-order valence-corrected chi connectivity index (χ1v) is 8.55. The van der Waals surface area contributed by atoms with Crippen LogP contribution in [0.15, 0.2) is 36.5 Å². The number of nitrogens with zero attached hydrogens (tertiary/aromatic N) is 1. The van der Waals surface area contributed by atoms with Crippen LogP contribution in [0.5, 0.6) is 0 Å². The lowest BCUT2D eigenvalue weighted by molar-refractivity contribution is -0.131. The van der Waals surface area contributed by atoms with Gasteiger partial charge in [-0.1, -0.05) is 25.6 Å². The molecule has 0 atom stereocenters. The quantitative estimate of drug-likeness (QED) is 0.708. The number of likely N-dealkylation sites (tertiary alicyclic amines) is 1. The maximum absolute atomic E-state index is 12.0. The fourth-order valence-electron chi connectivity index (χ4n) is 2.46. The molecule has 1 fully saturated rings. The van der Waals surface area contributed by atoms with Gasteiger partial charge in [-0.15, -0.1) is 0 Å². The van der Waals surface area contributed by atoms with E-state index in [1.165, 1.54) is 0 Å². The Morgan fingerprint density at radius 2 is 1.96 bits per heavy atom. The molecule has 0 bridgehead atoms. The Morgan fingerprint density at radius 1 is 1.21 bits per heavy atom. The average molecular weight is 330 g/mol. The number of rotatable bonds is 9. The Kier molecular flexibility index (Phi) is 7.00. The largest absolute Gasteiger partial charge is 0.381 e. The predicted octanol–water partition coefficient (Wildman–Crippen LogP) is 3.12. The Labute approximate surface area is 143 Å². The summed E-state index contributed by atoms with van der Waals surface area (Å²) >= 11 is 0. The molecule has 5 nitrogen and oxygen atoms in total. The third kappa shape index (κ3) is 5.49. The van der Waals surface area contributed by atoms with Crippen LogP contribution in [0.4, 0.5) is 5.69 Å². The summed E-state index contributed by atoms with van der Waals surface area (Å²) in [6.07, 6.45) is 3.41. The number of carbonyl (C=O) groups is 2. The summed E-state index contributed by atoms with van der Waals surface area (Å²) in [5.74, 6) is 0.0843. The van der Waals surface area contributed by atoms with E-state index in [1.54, 1.807) is 4.90 Å². The highest BCUT2D eigenvalue weighted by atomic mass is 16.5. The van der Waals surface area contributed by atoms with Crippen LogP contribution in [0.3, 0.4) is 0 Å². The van der Waals surface area contributed by atoms with Crippen molar-refractivity contribution in [1.82, 2.24) is 4.90 Å². The second-order valence-electron chi connectivity index (χ2n) is 5.97. The van der Waals surface area contributed by atoms with Crippen LogP contribution in [0, 0.1) is 0 Å². The number of carbonyl (C=O) groups excluding carboxylic acids is 2. The molecule has 0 unspecified atom stereocenters. The lowest BCUT2D eigenvalue weighted by atomic mass is 10.1. The Hall–Kier alpha value is -2.14. The molecule has 1 heterocycles. The zero-order chi connectivity index (χ0) is 17.4. The maximum atomic E-state index is 12.0. The number of hydrogen-bond donors (Lipinski definition) is 1. The van der Waals surface area contributed by atoms with Gasteiger partial charge in [0, 0.05) is 37.4 Å². The molecule has 130 valence electrons. The summed E-state index contributed by atoms with van der Waals surface area (Å²) in [4.78, 5) is 25.5. The monoisotopic (exact) mass is 330 g/mol. The highest BCUT2D eigenvalue weighted by molar-refractivity contribution is 5.90. The van der Waals surface area contributed by atoms with E-state index in [1.807, 2.05) is 31.2 Å². The number of anilines is 1. The zero-order valence-corrected chi connectivity index (χ0v) is 14.3. The molecule has 1 aliphatic rings. The molecule has 0 saturated carbocycles. The van der Waals surface area contributed by atoms with Gasteiger partial charge in [0.15, 0.2) is 0 Å². The second kappa shape index (κ2) is 9.23. The van der Waals surface area contributed by atoms with E-state index in [0.29, 0.717) is 32.5 Å². The molecular weight excluding hydrogens is 304 g/mol. The van der Waals surface area contributed by atoms with E-state index in [-0.39, 0.29) is 11.8 Å². The van der Waals surface area contributed by atoms with E-state index in [4.69, 9.17) is 4.74 Å². The zero-order valence-electron chi connectivity index (χ0n) is 14.3. The van der Waals surface area contributed by atoms with Crippen molar-refractivity contribution >= 4 is 17.5 Å². The van der Waals surface area contributed by atoms with Gasteiger partial charge in [0.2, 0.25) is 11.8 Å². The maximum Gasteiger partial charge on any atom is 0.227 e. The van der Waals surface area contributed by atoms with Crippen molar-refractivity contribution in [2.75, 3.05) is 25.1 Å². The lowest BCUT2D eigenvalue weighted by Crippen LogP contribution is -2.39. The highest BCUT2D eigenvalue weighted by Crippen LogP contribution is 2.21. The number of hydrogen-bond acceptors (Lipinski definition) is 3. The van der Waals surface area contributed by atoms with Gasteiger partial charge in [0.1, 0.15) is 0 Å². The van der Waals surface area contributed by atoms with Crippen molar-refractivity contribution < 1.29 is 14.3 Å². The van der Waals surface area contributed by atoms with E-state index in [0.717, 1.165) is 36.3 Å². The van der Waals surface area contributed by atoms with Crippen LogP contribution in [0.25, 0.3) is 0 Å². The molecule has 0 aromatic heterocycles. The van der Waals surface area contributed by atoms with Gasteiger partial charge in [0.05, 0.1) is 13.0 Å². The summed E-state index contributed by atoms with van der Waals surface area (Å²) in [7, 11) is 0. The van der Waals surface area contributed by atoms with Crippen LogP contribution < -0.4 is 5.32 Å². The molecule has 1 saturated heterocycles. The number of aryl methyl sites for hydroxylation is 1. The van der Waals surface area contributed by atoms with E-state index in [9.17, 15) is 9.59 Å². The molecule has 1 aromatic rings. The lowest BCUT2D eigenvalue weighted by Gasteiger charge is -2.33. The van der Waals surface area contributed by atoms with E-state index in [2.05, 4.69) is 11.9 Å². The smallest absolute Gasteiger partial charge is 0.227 e. The number of amides is 2. The van der Waals surface area contributed by atoms with Gasteiger partial charge in [-0.25, -0.2) is 0 Å². The van der Waals surface area contributed by atoms with Gasteiger partial charge in [-0.3, -0.25) is 9.59 Å². The first-order chi connectivity index (χ1) is 11.6. The van der Waals surface area contributed by atoms with Crippen LogP contribution in [-0.2, 0) is 20.7 Å². The van der Waals surface area contributed by atoms with Crippen molar-refractivity contribution in [3.8, 4) is 0 Å². The third-order valence-corrected chi connectivity index (χ3v) is 3.99. The van der Waals surface area contributed by atoms with Crippen molar-refractivity contribution in [2.45, 2.75) is 39.0 Å². The van der Waals surface area contributed by atoms with Gasteiger partial charge >= 0.3 is 0 Å². The standard InChI is InChI=1S/C19H26N2O3/c1-3-13-24-14-11-18(22)20-17-7-4-16(5-8-17)6-9-19(23)21-12-10-15(21)2/h4-5,7-8H,2-3,6,9-14H2,1H3,(H,20,22). The first kappa shape index (κ1) is 18.2. The van der Waals surface area contributed by atoms with Crippen molar-refractivity contribution in [2.24, 2.45) is 0 Å². The van der Waals surface area contributed by atoms with Crippen LogP contribution >= 0.6 is 0 Å². The van der Waals surface area contributed by atoms with Crippen LogP contribution in [0.2, 0.25) is 0 Å². The highest BCUT2D eigenvalue weighted by Gasteiger charge is 2.23. The SMILES string of the molecule is C=C1CCN1C(=O)CCc1ccc(NC(=O)CCOCCC)cc1. The minimum atomic E-state index is -0.0506. The fourth-order valence-corrected chi connectivity index (χ4v) is 2.46. The molecular formula is C19H26N2O3. The van der Waals surface area contributed by atoms with Crippen LogP contribution in [-0.4, -0.2) is 36.5 Å². The minimum Gasteiger partial charge on any atom is -0.381 e. The van der Waals surface area contributed by atoms with E-state index >= 15 is 0 Å². The second-order valence-corrected chi connectivity index (χ2v) is 5.97. The number of nitrogens with one attached hydrogen (secondary N) is 1. The summed E-state index contributed by atoms with van der Waals surface area (Å²) in [5.41, 5.74) is 2.77. The van der Waals surface area contributed by atoms with Crippen LogP contribution in [0.1, 0.15) is 38.2 Å². The average Bonchev–Trinajstić information content (AvgIpc) is 2.57. The number of benzene rings is 1. The van der Waals surface area contributed by atoms with Crippen molar-refractivity contribution in [3.05, 3.63) is 42.1 Å². The van der Waals surface area contributed by atoms with Gasteiger partial charge in [0.25, 0.3) is 0 Å². The molecule has 0 spiro atoms.